The monoisotopic (exact) mass is 362 g/mol. The van der Waals surface area contributed by atoms with Gasteiger partial charge < -0.3 is 9.64 Å². The lowest BCUT2D eigenvalue weighted by molar-refractivity contribution is 0.0624. The predicted molar refractivity (Wildman–Crippen MR) is 95.6 cm³/mol. The van der Waals surface area contributed by atoms with Gasteiger partial charge in [-0.25, -0.2) is 4.39 Å². The molecule has 4 nitrogen and oxygen atoms in total. The number of benzene rings is 2. The molecule has 0 N–H and O–H groups in total. The van der Waals surface area contributed by atoms with Crippen LogP contribution in [0.15, 0.2) is 42.5 Å². The minimum atomic E-state index is -0.190. The predicted octanol–water partition coefficient (Wildman–Crippen LogP) is 3.45. The second-order valence-corrected chi connectivity index (χ2v) is 6.44. The molecule has 0 unspecified atom stereocenters. The number of hydrogen-bond donors (Lipinski definition) is 0. The Morgan fingerprint density at radius 3 is 2.56 bits per heavy atom. The van der Waals surface area contributed by atoms with Crippen molar-refractivity contribution in [2.75, 3.05) is 33.3 Å². The van der Waals surface area contributed by atoms with E-state index in [0.717, 1.165) is 0 Å². The van der Waals surface area contributed by atoms with Gasteiger partial charge in [-0.2, -0.15) is 0 Å². The summed E-state index contributed by atoms with van der Waals surface area (Å²) in [6, 6.07) is 11.8. The maximum absolute atomic E-state index is 13.8. The van der Waals surface area contributed by atoms with Gasteiger partial charge in [0.15, 0.2) is 0 Å². The molecule has 0 bridgehead atoms. The van der Waals surface area contributed by atoms with Crippen LogP contribution in [0.1, 0.15) is 15.9 Å². The molecule has 1 aliphatic rings. The number of methoxy groups -OCH3 is 1. The smallest absolute Gasteiger partial charge is 0.257 e. The molecule has 6 heteroatoms. The summed E-state index contributed by atoms with van der Waals surface area (Å²) in [6.07, 6.45) is 0. The van der Waals surface area contributed by atoms with Crippen LogP contribution in [-0.4, -0.2) is 49.0 Å². The zero-order chi connectivity index (χ0) is 17.8. The highest BCUT2D eigenvalue weighted by atomic mass is 35.5. The number of rotatable bonds is 4. The van der Waals surface area contributed by atoms with Crippen molar-refractivity contribution in [1.82, 2.24) is 9.80 Å². The van der Waals surface area contributed by atoms with Crippen molar-refractivity contribution in [3.8, 4) is 5.75 Å². The van der Waals surface area contributed by atoms with Crippen LogP contribution in [0, 0.1) is 5.82 Å². The highest BCUT2D eigenvalue weighted by molar-refractivity contribution is 6.31. The van der Waals surface area contributed by atoms with Crippen LogP contribution >= 0.6 is 11.6 Å². The Bertz CT molecular complexity index is 761. The second-order valence-electron chi connectivity index (χ2n) is 6.00. The van der Waals surface area contributed by atoms with E-state index < -0.39 is 0 Å². The molecule has 1 saturated heterocycles. The van der Waals surface area contributed by atoms with E-state index in [-0.39, 0.29) is 11.7 Å². The fourth-order valence-electron chi connectivity index (χ4n) is 2.99. The number of halogens is 2. The maximum Gasteiger partial charge on any atom is 0.257 e. The Balaban J connectivity index is 1.63. The molecule has 0 aromatic heterocycles. The third-order valence-electron chi connectivity index (χ3n) is 4.40. The Hall–Kier alpha value is -2.11. The number of ether oxygens (including phenoxy) is 1. The van der Waals surface area contributed by atoms with Crippen molar-refractivity contribution in [2.45, 2.75) is 6.54 Å². The minimum Gasteiger partial charge on any atom is -0.496 e. The van der Waals surface area contributed by atoms with Gasteiger partial charge >= 0.3 is 0 Å². The van der Waals surface area contributed by atoms with Gasteiger partial charge in [-0.05, 0) is 24.3 Å². The van der Waals surface area contributed by atoms with Gasteiger partial charge in [0.1, 0.15) is 11.6 Å². The van der Waals surface area contributed by atoms with Crippen molar-refractivity contribution >= 4 is 17.5 Å². The number of piperazine rings is 1. The number of carbonyl (C=O) groups excluding carboxylic acids is 1. The van der Waals surface area contributed by atoms with Crippen molar-refractivity contribution in [1.29, 1.82) is 0 Å². The largest absolute Gasteiger partial charge is 0.496 e. The molecule has 25 heavy (non-hydrogen) atoms. The molecule has 3 rings (SSSR count). The minimum absolute atomic E-state index is 0.0927. The first-order chi connectivity index (χ1) is 12.1. The Labute approximate surface area is 151 Å². The molecular formula is C19H20ClFN2O2. The van der Waals surface area contributed by atoms with Crippen LogP contribution in [0.25, 0.3) is 0 Å². The Kier molecular flexibility index (Phi) is 5.56. The summed E-state index contributed by atoms with van der Waals surface area (Å²) < 4.78 is 19.0. The summed E-state index contributed by atoms with van der Waals surface area (Å²) in [6.45, 7) is 3.12. The lowest BCUT2D eigenvalue weighted by atomic mass is 10.1. The molecule has 1 heterocycles. The SMILES string of the molecule is COc1ccc(Cl)cc1C(=O)N1CCN(Cc2ccccc2F)CC1. The molecule has 1 fully saturated rings. The van der Waals surface area contributed by atoms with Crippen molar-refractivity contribution < 1.29 is 13.9 Å². The fourth-order valence-corrected chi connectivity index (χ4v) is 3.17. The number of carbonyl (C=O) groups is 1. The van der Waals surface area contributed by atoms with E-state index in [0.29, 0.717) is 54.6 Å². The van der Waals surface area contributed by atoms with Crippen LogP contribution in [0.3, 0.4) is 0 Å². The van der Waals surface area contributed by atoms with Crippen molar-refractivity contribution in [3.63, 3.8) is 0 Å². The van der Waals surface area contributed by atoms with Crippen molar-refractivity contribution in [3.05, 3.63) is 64.4 Å². The van der Waals surface area contributed by atoms with Gasteiger partial charge in [0.05, 0.1) is 12.7 Å². The van der Waals surface area contributed by atoms with Crippen LogP contribution in [-0.2, 0) is 6.54 Å². The molecule has 2 aromatic carbocycles. The average molecular weight is 363 g/mol. The van der Waals surface area contributed by atoms with E-state index in [1.807, 2.05) is 6.07 Å². The first-order valence-corrected chi connectivity index (χ1v) is 8.55. The summed E-state index contributed by atoms with van der Waals surface area (Å²) in [5.41, 5.74) is 1.15. The van der Waals surface area contributed by atoms with E-state index in [2.05, 4.69) is 4.90 Å². The third kappa shape index (κ3) is 4.11. The normalized spacial score (nSPS) is 15.2. The van der Waals surface area contributed by atoms with Gasteiger partial charge in [0.2, 0.25) is 0 Å². The first-order valence-electron chi connectivity index (χ1n) is 8.17. The molecule has 132 valence electrons. The van der Waals surface area contributed by atoms with Gasteiger partial charge in [0, 0.05) is 43.3 Å². The summed E-state index contributed by atoms with van der Waals surface area (Å²) in [5, 5.41) is 0.502. The highest BCUT2D eigenvalue weighted by Crippen LogP contribution is 2.24. The molecule has 0 saturated carbocycles. The molecular weight excluding hydrogens is 343 g/mol. The number of nitrogens with zero attached hydrogens (tertiary/aromatic N) is 2. The highest BCUT2D eigenvalue weighted by Gasteiger charge is 2.24. The van der Waals surface area contributed by atoms with Crippen LogP contribution in [0.5, 0.6) is 5.75 Å². The van der Waals surface area contributed by atoms with Gasteiger partial charge in [-0.1, -0.05) is 29.8 Å². The van der Waals surface area contributed by atoms with E-state index in [4.69, 9.17) is 16.3 Å². The Morgan fingerprint density at radius 1 is 1.16 bits per heavy atom. The zero-order valence-electron chi connectivity index (χ0n) is 14.0. The van der Waals surface area contributed by atoms with Crippen LogP contribution < -0.4 is 4.74 Å². The van der Waals surface area contributed by atoms with Gasteiger partial charge in [-0.3, -0.25) is 9.69 Å². The van der Waals surface area contributed by atoms with E-state index in [1.165, 1.54) is 13.2 Å². The summed E-state index contributed by atoms with van der Waals surface area (Å²) in [7, 11) is 1.53. The van der Waals surface area contributed by atoms with Crippen molar-refractivity contribution in [2.24, 2.45) is 0 Å². The van der Waals surface area contributed by atoms with E-state index in [1.54, 1.807) is 35.2 Å². The lowest BCUT2D eigenvalue weighted by Gasteiger charge is -2.35. The lowest BCUT2D eigenvalue weighted by Crippen LogP contribution is -2.48. The molecule has 1 amide bonds. The standard InChI is InChI=1S/C19H20ClFN2O2/c1-25-18-7-6-15(20)12-16(18)19(24)23-10-8-22(9-11-23)13-14-4-2-3-5-17(14)21/h2-7,12H,8-11,13H2,1H3. The molecule has 1 aliphatic heterocycles. The van der Waals surface area contributed by atoms with Crippen LogP contribution in [0.4, 0.5) is 4.39 Å². The molecule has 0 atom stereocenters. The topological polar surface area (TPSA) is 32.8 Å². The average Bonchev–Trinajstić information content (AvgIpc) is 2.63. The molecule has 0 radical (unpaired) electrons. The number of amides is 1. The van der Waals surface area contributed by atoms with E-state index in [9.17, 15) is 9.18 Å². The van der Waals surface area contributed by atoms with E-state index >= 15 is 0 Å². The fraction of sp³-hybridized carbons (Fsp3) is 0.316. The Morgan fingerprint density at radius 2 is 1.88 bits per heavy atom. The maximum atomic E-state index is 13.8. The zero-order valence-corrected chi connectivity index (χ0v) is 14.8. The quantitative estimate of drug-likeness (QED) is 0.835. The number of hydrogen-bond acceptors (Lipinski definition) is 3. The van der Waals surface area contributed by atoms with Crippen LogP contribution in [0.2, 0.25) is 5.02 Å². The summed E-state index contributed by atoms with van der Waals surface area (Å²) in [4.78, 5) is 16.7. The first kappa shape index (κ1) is 17.7. The third-order valence-corrected chi connectivity index (χ3v) is 4.64. The summed E-state index contributed by atoms with van der Waals surface area (Å²) in [5.74, 6) is 0.234. The molecule has 0 aliphatic carbocycles. The summed E-state index contributed by atoms with van der Waals surface area (Å²) >= 11 is 6.02. The molecule has 0 spiro atoms. The molecule has 2 aromatic rings. The van der Waals surface area contributed by atoms with Gasteiger partial charge in [0.25, 0.3) is 5.91 Å². The van der Waals surface area contributed by atoms with Gasteiger partial charge in [-0.15, -0.1) is 0 Å². The second kappa shape index (κ2) is 7.85.